The zero-order valence-electron chi connectivity index (χ0n) is 9.45. The molecular formula is C13H11BrClNOS. The number of nitrogens with one attached hydrogen (secondary N) is 1. The van der Waals surface area contributed by atoms with Crippen molar-refractivity contribution in [1.29, 1.82) is 0 Å². The van der Waals surface area contributed by atoms with Crippen molar-refractivity contribution in [2.45, 2.75) is 6.42 Å². The van der Waals surface area contributed by atoms with Gasteiger partial charge in [-0.2, -0.15) is 0 Å². The SMILES string of the molecule is O=C(NCCc1cccs1)c1ccc(Br)c(Cl)c1. The molecule has 0 saturated heterocycles. The van der Waals surface area contributed by atoms with E-state index in [1.165, 1.54) is 4.88 Å². The van der Waals surface area contributed by atoms with Gasteiger partial charge in [-0.05, 0) is 52.0 Å². The van der Waals surface area contributed by atoms with Crippen molar-refractivity contribution in [3.8, 4) is 0 Å². The average Bonchev–Trinajstić information content (AvgIpc) is 2.85. The number of carbonyl (C=O) groups excluding carboxylic acids is 1. The van der Waals surface area contributed by atoms with E-state index in [1.807, 2.05) is 11.4 Å². The van der Waals surface area contributed by atoms with Gasteiger partial charge in [-0.1, -0.05) is 17.7 Å². The first kappa shape index (κ1) is 13.6. The van der Waals surface area contributed by atoms with Crippen molar-refractivity contribution in [2.24, 2.45) is 0 Å². The first-order valence-electron chi connectivity index (χ1n) is 5.42. The summed E-state index contributed by atoms with van der Waals surface area (Å²) >= 11 is 10.9. The molecule has 1 aromatic carbocycles. The lowest BCUT2D eigenvalue weighted by molar-refractivity contribution is 0.0954. The van der Waals surface area contributed by atoms with E-state index in [9.17, 15) is 4.79 Å². The zero-order valence-corrected chi connectivity index (χ0v) is 12.6. The molecule has 0 unspecified atom stereocenters. The Hall–Kier alpha value is -0.840. The van der Waals surface area contributed by atoms with Crippen LogP contribution >= 0.6 is 38.9 Å². The third-order valence-electron chi connectivity index (χ3n) is 2.42. The van der Waals surface area contributed by atoms with E-state index < -0.39 is 0 Å². The summed E-state index contributed by atoms with van der Waals surface area (Å²) in [5.74, 6) is -0.0963. The van der Waals surface area contributed by atoms with Crippen molar-refractivity contribution in [1.82, 2.24) is 5.32 Å². The van der Waals surface area contributed by atoms with Crippen LogP contribution in [0.5, 0.6) is 0 Å². The second kappa shape index (κ2) is 6.36. The molecule has 0 spiro atoms. The summed E-state index contributed by atoms with van der Waals surface area (Å²) in [5.41, 5.74) is 0.578. The molecule has 2 rings (SSSR count). The number of carbonyl (C=O) groups is 1. The lowest BCUT2D eigenvalue weighted by atomic mass is 10.2. The number of hydrogen-bond acceptors (Lipinski definition) is 2. The largest absolute Gasteiger partial charge is 0.352 e. The minimum atomic E-state index is -0.0963. The monoisotopic (exact) mass is 343 g/mol. The maximum absolute atomic E-state index is 11.9. The fraction of sp³-hybridized carbons (Fsp3) is 0.154. The molecule has 1 aromatic heterocycles. The fourth-order valence-corrected chi connectivity index (χ4v) is 2.63. The molecule has 2 nitrogen and oxygen atoms in total. The van der Waals surface area contributed by atoms with Gasteiger partial charge in [-0.25, -0.2) is 0 Å². The number of halogens is 2. The van der Waals surface area contributed by atoms with E-state index in [0.717, 1.165) is 10.9 Å². The fourth-order valence-electron chi connectivity index (χ4n) is 1.49. The third-order valence-corrected chi connectivity index (χ3v) is 4.59. The van der Waals surface area contributed by atoms with Crippen molar-refractivity contribution < 1.29 is 4.79 Å². The molecule has 5 heteroatoms. The van der Waals surface area contributed by atoms with Crippen LogP contribution in [0.25, 0.3) is 0 Å². The maximum Gasteiger partial charge on any atom is 0.251 e. The highest BCUT2D eigenvalue weighted by Gasteiger charge is 2.07. The Morgan fingerprint density at radius 2 is 2.22 bits per heavy atom. The quantitative estimate of drug-likeness (QED) is 0.887. The van der Waals surface area contributed by atoms with Gasteiger partial charge in [0.1, 0.15) is 0 Å². The average molecular weight is 345 g/mol. The summed E-state index contributed by atoms with van der Waals surface area (Å²) in [6, 6.07) is 9.25. The van der Waals surface area contributed by atoms with Gasteiger partial charge < -0.3 is 5.32 Å². The number of rotatable bonds is 4. The molecule has 2 aromatic rings. The standard InChI is InChI=1S/C13H11BrClNOS/c14-11-4-3-9(8-12(11)15)13(17)16-6-5-10-2-1-7-18-10/h1-4,7-8H,5-6H2,(H,16,17). The maximum atomic E-state index is 11.9. The molecule has 1 N–H and O–H groups in total. The highest BCUT2D eigenvalue weighted by molar-refractivity contribution is 9.10. The summed E-state index contributed by atoms with van der Waals surface area (Å²) in [7, 11) is 0. The van der Waals surface area contributed by atoms with Crippen LogP contribution in [0.3, 0.4) is 0 Å². The summed E-state index contributed by atoms with van der Waals surface area (Å²) in [4.78, 5) is 13.1. The van der Waals surface area contributed by atoms with Crippen molar-refractivity contribution in [3.63, 3.8) is 0 Å². The van der Waals surface area contributed by atoms with E-state index in [2.05, 4.69) is 27.3 Å². The van der Waals surface area contributed by atoms with E-state index >= 15 is 0 Å². The van der Waals surface area contributed by atoms with Crippen molar-refractivity contribution in [2.75, 3.05) is 6.54 Å². The van der Waals surface area contributed by atoms with E-state index in [-0.39, 0.29) is 5.91 Å². The number of hydrogen-bond donors (Lipinski definition) is 1. The van der Waals surface area contributed by atoms with Crippen LogP contribution in [0, 0.1) is 0 Å². The Balaban J connectivity index is 1.89. The second-order valence-corrected chi connectivity index (χ2v) is 6.01. The van der Waals surface area contributed by atoms with Crippen LogP contribution in [-0.2, 0) is 6.42 Å². The first-order chi connectivity index (χ1) is 8.66. The molecular weight excluding hydrogens is 334 g/mol. The van der Waals surface area contributed by atoms with E-state index in [0.29, 0.717) is 17.1 Å². The Morgan fingerprint density at radius 3 is 2.89 bits per heavy atom. The molecule has 0 fully saturated rings. The summed E-state index contributed by atoms with van der Waals surface area (Å²) in [6.07, 6.45) is 0.855. The summed E-state index contributed by atoms with van der Waals surface area (Å²) < 4.78 is 0.791. The molecule has 1 heterocycles. The lowest BCUT2D eigenvalue weighted by Crippen LogP contribution is -2.25. The zero-order chi connectivity index (χ0) is 13.0. The molecule has 0 aliphatic carbocycles. The molecule has 0 aliphatic heterocycles. The summed E-state index contributed by atoms with van der Waals surface area (Å²) in [6.45, 7) is 0.632. The highest BCUT2D eigenvalue weighted by atomic mass is 79.9. The molecule has 94 valence electrons. The molecule has 0 bridgehead atoms. The van der Waals surface area contributed by atoms with Gasteiger partial charge in [0.2, 0.25) is 0 Å². The molecule has 0 saturated carbocycles. The smallest absolute Gasteiger partial charge is 0.251 e. The van der Waals surface area contributed by atoms with Crippen LogP contribution in [0.2, 0.25) is 5.02 Å². The number of benzene rings is 1. The Labute approximate surface area is 123 Å². The van der Waals surface area contributed by atoms with E-state index in [1.54, 1.807) is 29.5 Å². The second-order valence-electron chi connectivity index (χ2n) is 3.71. The van der Waals surface area contributed by atoms with Gasteiger partial charge in [-0.3, -0.25) is 4.79 Å². The topological polar surface area (TPSA) is 29.1 Å². The van der Waals surface area contributed by atoms with Crippen LogP contribution in [0.4, 0.5) is 0 Å². The predicted octanol–water partition coefficient (Wildman–Crippen LogP) is 4.14. The molecule has 18 heavy (non-hydrogen) atoms. The van der Waals surface area contributed by atoms with Crippen LogP contribution in [0.15, 0.2) is 40.2 Å². The number of amides is 1. The van der Waals surface area contributed by atoms with Gasteiger partial charge in [0.25, 0.3) is 5.91 Å². The Kier molecular flexibility index (Phi) is 4.80. The molecule has 0 aliphatic rings. The van der Waals surface area contributed by atoms with Crippen molar-refractivity contribution >= 4 is 44.8 Å². The first-order valence-corrected chi connectivity index (χ1v) is 7.47. The highest BCUT2D eigenvalue weighted by Crippen LogP contribution is 2.23. The van der Waals surface area contributed by atoms with Gasteiger partial charge >= 0.3 is 0 Å². The van der Waals surface area contributed by atoms with Crippen LogP contribution < -0.4 is 5.32 Å². The summed E-state index contributed by atoms with van der Waals surface area (Å²) in [5, 5.41) is 5.45. The van der Waals surface area contributed by atoms with Gasteiger partial charge in [0, 0.05) is 21.5 Å². The van der Waals surface area contributed by atoms with Gasteiger partial charge in [0.15, 0.2) is 0 Å². The molecule has 0 atom stereocenters. The molecule has 1 amide bonds. The Morgan fingerprint density at radius 1 is 1.39 bits per heavy atom. The van der Waals surface area contributed by atoms with E-state index in [4.69, 9.17) is 11.6 Å². The minimum absolute atomic E-state index is 0.0963. The van der Waals surface area contributed by atoms with Crippen molar-refractivity contribution in [3.05, 3.63) is 55.6 Å². The predicted molar refractivity (Wildman–Crippen MR) is 79.5 cm³/mol. The van der Waals surface area contributed by atoms with Crippen LogP contribution in [0.1, 0.15) is 15.2 Å². The molecule has 0 radical (unpaired) electrons. The number of thiophene rings is 1. The lowest BCUT2D eigenvalue weighted by Gasteiger charge is -2.05. The van der Waals surface area contributed by atoms with Gasteiger partial charge in [-0.15, -0.1) is 11.3 Å². The normalized spacial score (nSPS) is 10.3. The van der Waals surface area contributed by atoms with Gasteiger partial charge in [0.05, 0.1) is 5.02 Å². The Bertz CT molecular complexity index is 542. The van der Waals surface area contributed by atoms with Crippen LogP contribution in [-0.4, -0.2) is 12.5 Å². The minimum Gasteiger partial charge on any atom is -0.352 e. The third kappa shape index (κ3) is 3.57.